The Morgan fingerprint density at radius 3 is 2.62 bits per heavy atom. The van der Waals surface area contributed by atoms with Gasteiger partial charge in [-0.05, 0) is 91.8 Å². The molecule has 3 heteroatoms. The summed E-state index contributed by atoms with van der Waals surface area (Å²) in [6.45, 7) is 6.95. The normalized spacial score (nSPS) is 49.2. The van der Waals surface area contributed by atoms with Crippen LogP contribution in [0.3, 0.4) is 0 Å². The summed E-state index contributed by atoms with van der Waals surface area (Å²) in [6.07, 6.45) is 9.13. The van der Waals surface area contributed by atoms with Gasteiger partial charge in [0.15, 0.2) is 0 Å². The number of halogens is 2. The van der Waals surface area contributed by atoms with Crippen molar-refractivity contribution in [3.63, 3.8) is 0 Å². The van der Waals surface area contributed by atoms with Gasteiger partial charge in [0, 0.05) is 6.42 Å². The van der Waals surface area contributed by atoms with E-state index in [-0.39, 0.29) is 29.3 Å². The van der Waals surface area contributed by atoms with Crippen LogP contribution in [0.4, 0.5) is 8.78 Å². The molecule has 0 unspecified atom stereocenters. The molecule has 0 amide bonds. The Balaban J connectivity index is 1.58. The van der Waals surface area contributed by atoms with E-state index in [4.69, 9.17) is 0 Å². The first kappa shape index (κ1) is 18.9. The molecule has 0 aliphatic heterocycles. The minimum atomic E-state index is -2.17. The summed E-state index contributed by atoms with van der Waals surface area (Å²) >= 11 is 0. The zero-order chi connectivity index (χ0) is 18.7. The predicted octanol–water partition coefficient (Wildman–Crippen LogP) is 6.22. The van der Waals surface area contributed by atoms with Gasteiger partial charge in [0.05, 0.1) is 6.10 Å². The van der Waals surface area contributed by atoms with Gasteiger partial charge in [-0.3, -0.25) is 0 Å². The third-order valence-corrected chi connectivity index (χ3v) is 9.39. The molecule has 148 valence electrons. The minimum absolute atomic E-state index is 0.0702. The first-order chi connectivity index (χ1) is 12.3. The van der Waals surface area contributed by atoms with Crippen LogP contribution in [0.15, 0.2) is 11.6 Å². The highest BCUT2D eigenvalue weighted by Gasteiger charge is 2.59. The minimum Gasteiger partial charge on any atom is -0.393 e. The standard InChI is InChI=1S/C23H36F2O/c1-14(12-21(24)25)18-6-7-19-17-5-4-15-13-16(26)8-10-22(15,2)20(17)9-11-23(18,19)3/h4,14,16-21,26H,5-13H2,1-3H3/t14-,16+,17+,18-,19+,20+,22+,23-/m1/s1. The Morgan fingerprint density at radius 1 is 1.12 bits per heavy atom. The van der Waals surface area contributed by atoms with Gasteiger partial charge in [-0.2, -0.15) is 0 Å². The Morgan fingerprint density at radius 2 is 1.88 bits per heavy atom. The molecular formula is C23H36F2O. The average Bonchev–Trinajstić information content (AvgIpc) is 2.92. The van der Waals surface area contributed by atoms with E-state index in [0.29, 0.717) is 11.8 Å². The highest BCUT2D eigenvalue weighted by atomic mass is 19.3. The fourth-order valence-corrected chi connectivity index (χ4v) is 8.06. The quantitative estimate of drug-likeness (QED) is 0.588. The molecule has 0 bridgehead atoms. The molecule has 4 rings (SSSR count). The van der Waals surface area contributed by atoms with Crippen molar-refractivity contribution in [1.82, 2.24) is 0 Å². The van der Waals surface area contributed by atoms with Crippen LogP contribution in [-0.2, 0) is 0 Å². The Labute approximate surface area is 157 Å². The monoisotopic (exact) mass is 366 g/mol. The molecule has 4 aliphatic carbocycles. The van der Waals surface area contributed by atoms with E-state index in [2.05, 4.69) is 26.8 Å². The van der Waals surface area contributed by atoms with Gasteiger partial charge in [0.25, 0.3) is 0 Å². The first-order valence-corrected chi connectivity index (χ1v) is 10.9. The lowest BCUT2D eigenvalue weighted by Crippen LogP contribution is -2.50. The number of hydrogen-bond acceptors (Lipinski definition) is 1. The van der Waals surface area contributed by atoms with Crippen LogP contribution in [0.2, 0.25) is 0 Å². The molecule has 0 saturated heterocycles. The van der Waals surface area contributed by atoms with E-state index in [1.54, 1.807) is 0 Å². The van der Waals surface area contributed by atoms with Crippen molar-refractivity contribution in [1.29, 1.82) is 0 Å². The van der Waals surface area contributed by atoms with Crippen molar-refractivity contribution in [2.24, 2.45) is 40.4 Å². The number of fused-ring (bicyclic) bond motifs is 5. The van der Waals surface area contributed by atoms with Gasteiger partial charge in [0.1, 0.15) is 0 Å². The Kier molecular flexibility index (Phi) is 4.77. The van der Waals surface area contributed by atoms with Crippen molar-refractivity contribution in [3.05, 3.63) is 11.6 Å². The van der Waals surface area contributed by atoms with Crippen molar-refractivity contribution < 1.29 is 13.9 Å². The third kappa shape index (κ3) is 2.79. The number of alkyl halides is 2. The van der Waals surface area contributed by atoms with Gasteiger partial charge in [-0.25, -0.2) is 8.78 Å². The summed E-state index contributed by atoms with van der Waals surface area (Å²) in [5.41, 5.74) is 2.04. The van der Waals surface area contributed by atoms with Gasteiger partial charge in [0.2, 0.25) is 6.43 Å². The molecule has 0 radical (unpaired) electrons. The SMILES string of the molecule is C[C@H](CC(F)F)[C@H]1CC[C@H]2[C@@H]3CC=C4C[C@@H](O)CC[C@]4(C)[C@H]3CC[C@]12C. The van der Waals surface area contributed by atoms with Crippen LogP contribution in [0.5, 0.6) is 0 Å². The van der Waals surface area contributed by atoms with E-state index in [0.717, 1.165) is 43.9 Å². The van der Waals surface area contributed by atoms with E-state index in [1.165, 1.54) is 24.8 Å². The molecule has 0 spiro atoms. The van der Waals surface area contributed by atoms with Crippen molar-refractivity contribution in [2.45, 2.75) is 91.1 Å². The van der Waals surface area contributed by atoms with Crippen LogP contribution in [0.25, 0.3) is 0 Å². The second-order valence-electron chi connectivity index (χ2n) is 10.5. The van der Waals surface area contributed by atoms with Gasteiger partial charge in [-0.1, -0.05) is 32.4 Å². The Bertz CT molecular complexity index is 573. The molecule has 0 heterocycles. The summed E-state index contributed by atoms with van der Waals surface area (Å²) in [5, 5.41) is 10.1. The fraction of sp³-hybridized carbons (Fsp3) is 0.913. The van der Waals surface area contributed by atoms with Gasteiger partial charge >= 0.3 is 0 Å². The topological polar surface area (TPSA) is 20.2 Å². The molecule has 26 heavy (non-hydrogen) atoms. The molecule has 3 fully saturated rings. The molecule has 1 N–H and O–H groups in total. The third-order valence-electron chi connectivity index (χ3n) is 9.39. The van der Waals surface area contributed by atoms with Gasteiger partial charge < -0.3 is 5.11 Å². The molecule has 4 aliphatic rings. The summed E-state index contributed by atoms with van der Waals surface area (Å²) in [6, 6.07) is 0. The summed E-state index contributed by atoms with van der Waals surface area (Å²) in [5.74, 6) is 2.76. The summed E-state index contributed by atoms with van der Waals surface area (Å²) < 4.78 is 26.0. The molecule has 0 aromatic rings. The zero-order valence-corrected chi connectivity index (χ0v) is 16.7. The number of hydrogen-bond donors (Lipinski definition) is 1. The number of aliphatic hydroxyl groups excluding tert-OH is 1. The van der Waals surface area contributed by atoms with Crippen molar-refractivity contribution in [3.8, 4) is 0 Å². The molecule has 3 saturated carbocycles. The average molecular weight is 367 g/mol. The van der Waals surface area contributed by atoms with E-state index in [1.807, 2.05) is 0 Å². The number of rotatable bonds is 3. The highest BCUT2D eigenvalue weighted by Crippen LogP contribution is 2.67. The van der Waals surface area contributed by atoms with Crippen molar-refractivity contribution in [2.75, 3.05) is 0 Å². The van der Waals surface area contributed by atoms with Gasteiger partial charge in [-0.15, -0.1) is 0 Å². The largest absolute Gasteiger partial charge is 0.393 e. The lowest BCUT2D eigenvalue weighted by Gasteiger charge is -2.58. The maximum absolute atomic E-state index is 13.0. The van der Waals surface area contributed by atoms with Crippen LogP contribution < -0.4 is 0 Å². The maximum Gasteiger partial charge on any atom is 0.238 e. The molecule has 8 atom stereocenters. The summed E-state index contributed by atoms with van der Waals surface area (Å²) in [7, 11) is 0. The predicted molar refractivity (Wildman–Crippen MR) is 101 cm³/mol. The van der Waals surface area contributed by atoms with E-state index < -0.39 is 6.43 Å². The summed E-state index contributed by atoms with van der Waals surface area (Å²) in [4.78, 5) is 0. The highest BCUT2D eigenvalue weighted by molar-refractivity contribution is 5.25. The van der Waals surface area contributed by atoms with Crippen molar-refractivity contribution >= 4 is 0 Å². The van der Waals surface area contributed by atoms with Crippen LogP contribution in [0, 0.1) is 40.4 Å². The lowest BCUT2D eigenvalue weighted by molar-refractivity contribution is -0.0602. The fourth-order valence-electron chi connectivity index (χ4n) is 8.06. The molecule has 0 aromatic heterocycles. The Hall–Kier alpha value is -0.440. The molecular weight excluding hydrogens is 330 g/mol. The smallest absolute Gasteiger partial charge is 0.238 e. The van der Waals surface area contributed by atoms with Crippen LogP contribution in [0.1, 0.15) is 78.6 Å². The maximum atomic E-state index is 13.0. The lowest BCUT2D eigenvalue weighted by atomic mass is 9.47. The molecule has 1 nitrogen and oxygen atoms in total. The van der Waals surface area contributed by atoms with Crippen LogP contribution in [-0.4, -0.2) is 17.6 Å². The second kappa shape index (κ2) is 6.57. The molecule has 0 aromatic carbocycles. The van der Waals surface area contributed by atoms with Crippen LogP contribution >= 0.6 is 0 Å². The number of aliphatic hydroxyl groups is 1. The first-order valence-electron chi connectivity index (χ1n) is 10.9. The van der Waals surface area contributed by atoms with E-state index >= 15 is 0 Å². The van der Waals surface area contributed by atoms with E-state index in [9.17, 15) is 13.9 Å². The zero-order valence-electron chi connectivity index (χ0n) is 16.7. The number of allylic oxidation sites excluding steroid dienone is 1. The second-order valence-corrected chi connectivity index (χ2v) is 10.5.